The van der Waals surface area contributed by atoms with Crippen LogP contribution in [0.1, 0.15) is 52.4 Å². The zero-order valence-corrected chi connectivity index (χ0v) is 20.1. The van der Waals surface area contributed by atoms with Gasteiger partial charge in [0.15, 0.2) is 0 Å². The lowest BCUT2D eigenvalue weighted by molar-refractivity contribution is 0.141. The van der Waals surface area contributed by atoms with E-state index in [4.69, 9.17) is 4.99 Å². The molecule has 2 amide bonds. The molecule has 1 aromatic rings. The van der Waals surface area contributed by atoms with Gasteiger partial charge in [0.2, 0.25) is 0 Å². The van der Waals surface area contributed by atoms with E-state index in [9.17, 15) is 9.18 Å². The van der Waals surface area contributed by atoms with E-state index in [1.807, 2.05) is 13.0 Å². The summed E-state index contributed by atoms with van der Waals surface area (Å²) in [6, 6.07) is 6.62. The van der Waals surface area contributed by atoms with Gasteiger partial charge in [-0.3, -0.25) is 9.80 Å². The number of benzene rings is 1. The number of carbonyl (C=O) groups excluding carboxylic acids is 1. The van der Waals surface area contributed by atoms with Crippen LogP contribution in [0, 0.1) is 17.7 Å². The van der Waals surface area contributed by atoms with Gasteiger partial charge in [0.25, 0.3) is 0 Å². The van der Waals surface area contributed by atoms with Crippen LogP contribution in [0.3, 0.4) is 0 Å². The second-order valence-electron chi connectivity index (χ2n) is 9.83. The number of aliphatic imine (C=N–C) groups is 1. The van der Waals surface area contributed by atoms with E-state index < -0.39 is 5.54 Å². The van der Waals surface area contributed by atoms with Crippen molar-refractivity contribution in [1.82, 2.24) is 9.80 Å². The maximum Gasteiger partial charge on any atom is 0.350 e. The highest BCUT2D eigenvalue weighted by Crippen LogP contribution is 2.44. The van der Waals surface area contributed by atoms with Crippen LogP contribution in [0.5, 0.6) is 0 Å². The third kappa shape index (κ3) is 3.96. The van der Waals surface area contributed by atoms with Crippen LogP contribution < -0.4 is 4.90 Å². The van der Waals surface area contributed by atoms with Gasteiger partial charge in [-0.05, 0) is 76.1 Å². The molecular formula is C28H33FN4O. The number of allylic oxidation sites excluding steroid dienone is 3. The maximum atomic E-state index is 14.3. The Morgan fingerprint density at radius 2 is 2.18 bits per heavy atom. The van der Waals surface area contributed by atoms with Gasteiger partial charge in [-0.15, -0.1) is 5.92 Å². The van der Waals surface area contributed by atoms with E-state index >= 15 is 0 Å². The van der Waals surface area contributed by atoms with E-state index in [0.717, 1.165) is 64.0 Å². The highest BCUT2D eigenvalue weighted by Gasteiger charge is 2.56. The quantitative estimate of drug-likeness (QED) is 0.586. The van der Waals surface area contributed by atoms with Crippen molar-refractivity contribution in [3.8, 4) is 11.8 Å². The second kappa shape index (κ2) is 9.38. The summed E-state index contributed by atoms with van der Waals surface area (Å²) in [4.78, 5) is 24.8. The number of piperidine rings is 1. The van der Waals surface area contributed by atoms with Gasteiger partial charge in [-0.25, -0.2) is 9.18 Å². The molecule has 1 aliphatic carbocycles. The Kier molecular flexibility index (Phi) is 6.31. The monoisotopic (exact) mass is 460 g/mol. The Hall–Kier alpha value is -2.91. The summed E-state index contributed by atoms with van der Waals surface area (Å²) in [7, 11) is 0. The van der Waals surface area contributed by atoms with Crippen LogP contribution in [0.25, 0.3) is 0 Å². The molecule has 1 aromatic carbocycles. The van der Waals surface area contributed by atoms with Gasteiger partial charge in [-0.1, -0.05) is 30.2 Å². The topological polar surface area (TPSA) is 39.1 Å². The number of amidine groups is 1. The summed E-state index contributed by atoms with van der Waals surface area (Å²) >= 11 is 0. The molecule has 34 heavy (non-hydrogen) atoms. The van der Waals surface area contributed by atoms with Gasteiger partial charge >= 0.3 is 6.03 Å². The maximum absolute atomic E-state index is 14.3. The molecule has 0 aromatic heterocycles. The van der Waals surface area contributed by atoms with Crippen molar-refractivity contribution in [3.63, 3.8) is 0 Å². The molecule has 0 saturated carbocycles. The molecule has 1 unspecified atom stereocenters. The van der Waals surface area contributed by atoms with Gasteiger partial charge in [0.1, 0.15) is 17.2 Å². The number of anilines is 1. The largest absolute Gasteiger partial charge is 0.351 e. The molecule has 3 aliphatic heterocycles. The lowest BCUT2D eigenvalue weighted by Gasteiger charge is -2.49. The van der Waals surface area contributed by atoms with Crippen molar-refractivity contribution in [3.05, 3.63) is 53.9 Å². The number of likely N-dealkylation sites (tertiary alicyclic amines) is 2. The fourth-order valence-corrected chi connectivity index (χ4v) is 6.23. The molecule has 0 radical (unpaired) electrons. The zero-order valence-electron chi connectivity index (χ0n) is 20.1. The Morgan fingerprint density at radius 3 is 2.91 bits per heavy atom. The molecule has 2 saturated heterocycles. The number of hydrogen-bond donors (Lipinski definition) is 0. The highest BCUT2D eigenvalue weighted by molar-refractivity contribution is 6.16. The van der Waals surface area contributed by atoms with E-state index in [2.05, 4.69) is 46.8 Å². The minimum absolute atomic E-state index is 0.222. The molecule has 3 atom stereocenters. The fourth-order valence-electron chi connectivity index (χ4n) is 6.23. The van der Waals surface area contributed by atoms with Crippen LogP contribution in [0.4, 0.5) is 14.9 Å². The summed E-state index contributed by atoms with van der Waals surface area (Å²) in [6.07, 6.45) is 12.4. The minimum atomic E-state index is -0.575. The Labute approximate surface area is 202 Å². The number of carbonyl (C=O) groups is 1. The Morgan fingerprint density at radius 1 is 1.29 bits per heavy atom. The number of urea groups is 1. The summed E-state index contributed by atoms with van der Waals surface area (Å²) in [5, 5.41) is 0. The number of hydrogen-bond acceptors (Lipinski definition) is 3. The lowest BCUT2D eigenvalue weighted by Crippen LogP contribution is -2.64. The predicted molar refractivity (Wildman–Crippen MR) is 134 cm³/mol. The van der Waals surface area contributed by atoms with Crippen molar-refractivity contribution >= 4 is 17.6 Å². The van der Waals surface area contributed by atoms with Crippen molar-refractivity contribution in [2.24, 2.45) is 4.99 Å². The molecular weight excluding hydrogens is 427 g/mol. The van der Waals surface area contributed by atoms with Crippen molar-refractivity contribution in [2.75, 3.05) is 24.5 Å². The minimum Gasteiger partial charge on any atom is -0.351 e. The van der Waals surface area contributed by atoms with Crippen LogP contribution >= 0.6 is 0 Å². The predicted octanol–water partition coefficient (Wildman–Crippen LogP) is 5.15. The molecule has 2 fully saturated rings. The van der Waals surface area contributed by atoms with E-state index in [0.29, 0.717) is 5.69 Å². The van der Waals surface area contributed by atoms with Crippen LogP contribution in [0.2, 0.25) is 0 Å². The normalized spacial score (nSPS) is 29.3. The first-order chi connectivity index (χ1) is 16.5. The SMILES string of the molecule is CC#CCN1CC[C@@]2(C[C@@H]1C)C(N1CCCC1C1=CC=CCC1)=NC(=O)N2c1cccc(F)c1. The number of rotatable bonds is 3. The van der Waals surface area contributed by atoms with Crippen molar-refractivity contribution in [1.29, 1.82) is 0 Å². The van der Waals surface area contributed by atoms with Crippen LogP contribution in [-0.4, -0.2) is 58.9 Å². The molecule has 1 spiro atoms. The van der Waals surface area contributed by atoms with Gasteiger partial charge in [0.05, 0.1) is 12.6 Å². The number of halogens is 1. The standard InChI is InChI=1S/C28H33FN4O/c1-3-4-16-31-18-15-28(20-21(31)2)26(30-27(34)33(28)24-13-8-12-23(29)19-24)32-17-9-14-25(32)22-10-6-5-7-11-22/h5-6,8,10,12-13,19,21,25H,7,9,11,14-18,20H2,1-2H3/t21-,25?,28+/m0/s1. The molecule has 6 heteroatoms. The van der Waals surface area contributed by atoms with E-state index in [1.165, 1.54) is 17.7 Å². The van der Waals surface area contributed by atoms with E-state index in [-0.39, 0.29) is 23.9 Å². The number of amides is 2. The molecule has 0 bridgehead atoms. The van der Waals surface area contributed by atoms with Gasteiger partial charge < -0.3 is 4.90 Å². The fraction of sp³-hybridized carbons (Fsp3) is 0.500. The van der Waals surface area contributed by atoms with E-state index in [1.54, 1.807) is 11.0 Å². The van der Waals surface area contributed by atoms with Gasteiger partial charge in [-0.2, -0.15) is 4.99 Å². The smallest absolute Gasteiger partial charge is 0.350 e. The summed E-state index contributed by atoms with van der Waals surface area (Å²) in [5.74, 6) is 6.74. The Bertz CT molecular complexity index is 1110. The summed E-state index contributed by atoms with van der Waals surface area (Å²) in [5.41, 5.74) is 1.44. The highest BCUT2D eigenvalue weighted by atomic mass is 19.1. The third-order valence-corrected chi connectivity index (χ3v) is 7.83. The van der Waals surface area contributed by atoms with Crippen LogP contribution in [-0.2, 0) is 0 Å². The summed E-state index contributed by atoms with van der Waals surface area (Å²) < 4.78 is 14.3. The first-order valence-electron chi connectivity index (χ1n) is 12.5. The molecule has 178 valence electrons. The average Bonchev–Trinajstić information content (AvgIpc) is 3.42. The zero-order chi connectivity index (χ0) is 23.7. The first-order valence-corrected chi connectivity index (χ1v) is 12.5. The lowest BCUT2D eigenvalue weighted by atomic mass is 9.80. The average molecular weight is 461 g/mol. The third-order valence-electron chi connectivity index (χ3n) is 7.83. The number of nitrogens with zero attached hydrogens (tertiary/aromatic N) is 4. The van der Waals surface area contributed by atoms with Crippen LogP contribution in [0.15, 0.2) is 53.1 Å². The second-order valence-corrected chi connectivity index (χ2v) is 9.83. The van der Waals surface area contributed by atoms with Crippen molar-refractivity contribution < 1.29 is 9.18 Å². The molecule has 5 nitrogen and oxygen atoms in total. The summed E-state index contributed by atoms with van der Waals surface area (Å²) in [6.45, 7) is 6.51. The molecule has 0 N–H and O–H groups in total. The molecule has 4 aliphatic rings. The molecule has 5 rings (SSSR count). The van der Waals surface area contributed by atoms with Gasteiger partial charge in [0, 0.05) is 24.8 Å². The van der Waals surface area contributed by atoms with Crippen molar-refractivity contribution in [2.45, 2.75) is 70.0 Å². The Balaban J connectivity index is 1.54. The first kappa shape index (κ1) is 22.9. The molecule has 3 heterocycles.